The SMILES string of the molecule is CC[C@@H](C)NC(C)=O. The minimum atomic E-state index is 0.0550. The van der Waals surface area contributed by atoms with Gasteiger partial charge >= 0.3 is 0 Å². The van der Waals surface area contributed by atoms with E-state index in [0.717, 1.165) is 6.42 Å². The molecule has 8 heavy (non-hydrogen) atoms. The number of rotatable bonds is 2. The maximum atomic E-state index is 10.3. The molecule has 1 atom stereocenters. The summed E-state index contributed by atoms with van der Waals surface area (Å²) in [4.78, 5) is 10.3. The molecule has 0 aliphatic heterocycles. The Kier molecular flexibility index (Phi) is 3.24. The lowest BCUT2D eigenvalue weighted by molar-refractivity contribution is -0.119. The molecule has 0 heterocycles. The predicted octanol–water partition coefficient (Wildman–Crippen LogP) is 0.921. The van der Waals surface area contributed by atoms with Crippen molar-refractivity contribution in [2.75, 3.05) is 0 Å². The first kappa shape index (κ1) is 7.47. The van der Waals surface area contributed by atoms with Crippen LogP contribution in [0.5, 0.6) is 0 Å². The van der Waals surface area contributed by atoms with Crippen LogP contribution in [0, 0.1) is 0 Å². The molecule has 0 rings (SSSR count). The zero-order valence-corrected chi connectivity index (χ0v) is 5.69. The highest BCUT2D eigenvalue weighted by Crippen LogP contribution is 1.85. The zero-order valence-electron chi connectivity index (χ0n) is 5.69. The van der Waals surface area contributed by atoms with Crippen molar-refractivity contribution in [1.29, 1.82) is 0 Å². The highest BCUT2D eigenvalue weighted by Gasteiger charge is 1.96. The van der Waals surface area contributed by atoms with Gasteiger partial charge in [-0.05, 0) is 13.3 Å². The van der Waals surface area contributed by atoms with E-state index >= 15 is 0 Å². The molecule has 1 N–H and O–H groups in total. The first-order chi connectivity index (χ1) is 3.66. The third-order valence-corrected chi connectivity index (χ3v) is 1.06. The van der Waals surface area contributed by atoms with E-state index in [9.17, 15) is 4.79 Å². The molecule has 0 aliphatic rings. The fraction of sp³-hybridized carbons (Fsp3) is 0.833. The Morgan fingerprint density at radius 3 is 2.38 bits per heavy atom. The Bertz CT molecular complexity index is 80.6. The van der Waals surface area contributed by atoms with Crippen molar-refractivity contribution in [1.82, 2.24) is 5.32 Å². The second-order valence-corrected chi connectivity index (χ2v) is 2.01. The Balaban J connectivity index is 3.24. The number of amides is 1. The molecular formula is C6H13NO. The second-order valence-electron chi connectivity index (χ2n) is 2.01. The number of hydrogen-bond acceptors (Lipinski definition) is 1. The average molecular weight is 115 g/mol. The third kappa shape index (κ3) is 3.65. The van der Waals surface area contributed by atoms with E-state index in [1.165, 1.54) is 6.92 Å². The molecule has 0 aromatic heterocycles. The topological polar surface area (TPSA) is 29.1 Å². The van der Waals surface area contributed by atoms with Gasteiger partial charge in [0.05, 0.1) is 0 Å². The van der Waals surface area contributed by atoms with Gasteiger partial charge in [-0.3, -0.25) is 4.79 Å². The molecule has 2 heteroatoms. The number of carbonyl (C=O) groups is 1. The molecule has 2 nitrogen and oxygen atoms in total. The molecule has 0 radical (unpaired) electrons. The van der Waals surface area contributed by atoms with Gasteiger partial charge in [0, 0.05) is 13.0 Å². The van der Waals surface area contributed by atoms with Gasteiger partial charge in [0.2, 0.25) is 5.91 Å². The fourth-order valence-electron chi connectivity index (χ4n) is 0.449. The Morgan fingerprint density at radius 1 is 1.75 bits per heavy atom. The third-order valence-electron chi connectivity index (χ3n) is 1.06. The van der Waals surface area contributed by atoms with Crippen LogP contribution in [-0.4, -0.2) is 11.9 Å². The minimum Gasteiger partial charge on any atom is -0.354 e. The van der Waals surface area contributed by atoms with Crippen molar-refractivity contribution in [2.45, 2.75) is 33.2 Å². The molecule has 0 aliphatic carbocycles. The summed E-state index contributed by atoms with van der Waals surface area (Å²) in [6.07, 6.45) is 1.000. The van der Waals surface area contributed by atoms with Gasteiger partial charge in [-0.25, -0.2) is 0 Å². The molecule has 48 valence electrons. The predicted molar refractivity (Wildman–Crippen MR) is 33.6 cm³/mol. The normalized spacial score (nSPS) is 12.9. The standard InChI is InChI=1S/C6H13NO/c1-4-5(2)7-6(3)8/h5H,4H2,1-3H3,(H,7,8)/t5-/m1/s1. The van der Waals surface area contributed by atoms with Crippen LogP contribution in [-0.2, 0) is 4.79 Å². The van der Waals surface area contributed by atoms with Crippen molar-refractivity contribution in [3.8, 4) is 0 Å². The highest BCUT2D eigenvalue weighted by molar-refractivity contribution is 5.73. The van der Waals surface area contributed by atoms with Crippen LogP contribution < -0.4 is 5.32 Å². The first-order valence-corrected chi connectivity index (χ1v) is 2.94. The molecule has 0 aromatic carbocycles. The van der Waals surface area contributed by atoms with Crippen LogP contribution in [0.1, 0.15) is 27.2 Å². The summed E-state index contributed by atoms with van der Waals surface area (Å²) in [6.45, 7) is 5.56. The Hall–Kier alpha value is -0.530. The maximum Gasteiger partial charge on any atom is 0.217 e. The summed E-state index contributed by atoms with van der Waals surface area (Å²) < 4.78 is 0. The van der Waals surface area contributed by atoms with Gasteiger partial charge in [-0.2, -0.15) is 0 Å². The van der Waals surface area contributed by atoms with Gasteiger partial charge in [0.1, 0.15) is 0 Å². The lowest BCUT2D eigenvalue weighted by Crippen LogP contribution is -2.29. The molecular weight excluding hydrogens is 102 g/mol. The summed E-state index contributed by atoms with van der Waals surface area (Å²) in [5.74, 6) is 0.0550. The summed E-state index contributed by atoms with van der Waals surface area (Å²) >= 11 is 0. The lowest BCUT2D eigenvalue weighted by Gasteiger charge is -2.07. The van der Waals surface area contributed by atoms with Gasteiger partial charge in [-0.1, -0.05) is 6.92 Å². The Morgan fingerprint density at radius 2 is 2.25 bits per heavy atom. The van der Waals surface area contributed by atoms with E-state index in [2.05, 4.69) is 5.32 Å². The molecule has 0 unspecified atom stereocenters. The summed E-state index contributed by atoms with van der Waals surface area (Å²) in [6, 6.07) is 0.326. The molecule has 0 fully saturated rings. The van der Waals surface area contributed by atoms with Crippen LogP contribution in [0.4, 0.5) is 0 Å². The van der Waals surface area contributed by atoms with Gasteiger partial charge in [-0.15, -0.1) is 0 Å². The van der Waals surface area contributed by atoms with E-state index < -0.39 is 0 Å². The molecule has 0 aromatic rings. The van der Waals surface area contributed by atoms with E-state index in [0.29, 0.717) is 6.04 Å². The lowest BCUT2D eigenvalue weighted by atomic mass is 10.3. The Labute approximate surface area is 50.3 Å². The largest absolute Gasteiger partial charge is 0.354 e. The van der Waals surface area contributed by atoms with Crippen LogP contribution >= 0.6 is 0 Å². The molecule has 0 saturated carbocycles. The minimum absolute atomic E-state index is 0.0550. The fourth-order valence-corrected chi connectivity index (χ4v) is 0.449. The van der Waals surface area contributed by atoms with Crippen molar-refractivity contribution in [2.24, 2.45) is 0 Å². The van der Waals surface area contributed by atoms with Gasteiger partial charge < -0.3 is 5.32 Å². The molecule has 0 bridgehead atoms. The maximum absolute atomic E-state index is 10.3. The number of nitrogens with one attached hydrogen (secondary N) is 1. The summed E-state index contributed by atoms with van der Waals surface area (Å²) in [5.41, 5.74) is 0. The molecule has 0 spiro atoms. The van der Waals surface area contributed by atoms with Gasteiger partial charge in [0.15, 0.2) is 0 Å². The quantitative estimate of drug-likeness (QED) is 0.569. The highest BCUT2D eigenvalue weighted by atomic mass is 16.1. The van der Waals surface area contributed by atoms with Crippen LogP contribution in [0.15, 0.2) is 0 Å². The molecule has 0 saturated heterocycles. The average Bonchev–Trinajstić information content (AvgIpc) is 1.65. The zero-order chi connectivity index (χ0) is 6.57. The molecule has 1 amide bonds. The van der Waals surface area contributed by atoms with E-state index in [-0.39, 0.29) is 5.91 Å². The van der Waals surface area contributed by atoms with Crippen molar-refractivity contribution in [3.63, 3.8) is 0 Å². The van der Waals surface area contributed by atoms with Crippen LogP contribution in [0.2, 0.25) is 0 Å². The van der Waals surface area contributed by atoms with Crippen LogP contribution in [0.25, 0.3) is 0 Å². The van der Waals surface area contributed by atoms with E-state index in [4.69, 9.17) is 0 Å². The first-order valence-electron chi connectivity index (χ1n) is 2.94. The van der Waals surface area contributed by atoms with Crippen molar-refractivity contribution >= 4 is 5.91 Å². The summed E-state index contributed by atoms with van der Waals surface area (Å²) in [7, 11) is 0. The van der Waals surface area contributed by atoms with Gasteiger partial charge in [0.25, 0.3) is 0 Å². The van der Waals surface area contributed by atoms with E-state index in [1.807, 2.05) is 13.8 Å². The number of hydrogen-bond donors (Lipinski definition) is 1. The van der Waals surface area contributed by atoms with Crippen molar-refractivity contribution < 1.29 is 4.79 Å². The number of carbonyl (C=O) groups excluding carboxylic acids is 1. The van der Waals surface area contributed by atoms with Crippen molar-refractivity contribution in [3.05, 3.63) is 0 Å². The monoisotopic (exact) mass is 115 g/mol. The van der Waals surface area contributed by atoms with E-state index in [1.54, 1.807) is 0 Å². The second kappa shape index (κ2) is 3.47. The van der Waals surface area contributed by atoms with Crippen LogP contribution in [0.3, 0.4) is 0 Å². The summed E-state index contributed by atoms with van der Waals surface area (Å²) in [5, 5.41) is 2.75. The smallest absolute Gasteiger partial charge is 0.217 e.